The lowest BCUT2D eigenvalue weighted by Crippen LogP contribution is -2.50. The molecule has 2 nitrogen and oxygen atoms in total. The second-order valence-corrected chi connectivity index (χ2v) is 6.14. The number of hydrogen-bond donors (Lipinski definition) is 1. The summed E-state index contributed by atoms with van der Waals surface area (Å²) in [4.78, 5) is 2.66. The van der Waals surface area contributed by atoms with E-state index in [1.807, 2.05) is 0 Å². The van der Waals surface area contributed by atoms with E-state index in [9.17, 15) is 0 Å². The van der Waals surface area contributed by atoms with Crippen LogP contribution in [0.2, 0.25) is 0 Å². The van der Waals surface area contributed by atoms with E-state index in [1.165, 1.54) is 44.3 Å². The first kappa shape index (κ1) is 13.1. The van der Waals surface area contributed by atoms with Gasteiger partial charge in [0.25, 0.3) is 0 Å². The third-order valence-corrected chi connectivity index (χ3v) is 4.73. The van der Waals surface area contributed by atoms with Crippen LogP contribution in [0.4, 0.5) is 0 Å². The van der Waals surface area contributed by atoms with Crippen molar-refractivity contribution in [3.05, 3.63) is 35.9 Å². The second-order valence-electron chi connectivity index (χ2n) is 6.14. The fourth-order valence-corrected chi connectivity index (χ4v) is 3.16. The van der Waals surface area contributed by atoms with Crippen LogP contribution in [-0.4, -0.2) is 30.1 Å². The molecule has 104 valence electrons. The molecule has 0 saturated heterocycles. The molecule has 2 aliphatic rings. The van der Waals surface area contributed by atoms with Crippen LogP contribution in [0.3, 0.4) is 0 Å². The quantitative estimate of drug-likeness (QED) is 0.808. The maximum atomic E-state index is 3.70. The molecule has 2 unspecified atom stereocenters. The predicted molar refractivity (Wildman–Crippen MR) is 80.1 cm³/mol. The van der Waals surface area contributed by atoms with E-state index in [-0.39, 0.29) is 0 Å². The molecule has 0 spiro atoms. The molecule has 0 bridgehead atoms. The van der Waals surface area contributed by atoms with Crippen molar-refractivity contribution in [1.29, 1.82) is 0 Å². The molecule has 0 amide bonds. The van der Waals surface area contributed by atoms with Gasteiger partial charge in [-0.15, -0.1) is 0 Å². The minimum atomic E-state index is 0.802. The summed E-state index contributed by atoms with van der Waals surface area (Å²) in [5.74, 6) is 0.879. The van der Waals surface area contributed by atoms with Gasteiger partial charge in [0, 0.05) is 18.6 Å². The van der Waals surface area contributed by atoms with E-state index >= 15 is 0 Å². The van der Waals surface area contributed by atoms with Gasteiger partial charge in [0.05, 0.1) is 0 Å². The van der Waals surface area contributed by atoms with Crippen molar-refractivity contribution >= 4 is 0 Å². The standard InChI is InChI=1S/C17H26N2/c1-2-19(13-14-6-4-3-5-7-14)17-11-8-15(17)12-18-16-9-10-16/h3-7,15-18H,2,8-13H2,1H3. The molecule has 0 radical (unpaired) electrons. The highest BCUT2D eigenvalue weighted by molar-refractivity contribution is 5.14. The van der Waals surface area contributed by atoms with Crippen LogP contribution >= 0.6 is 0 Å². The molecule has 2 fully saturated rings. The molecular formula is C17H26N2. The average Bonchev–Trinajstić information content (AvgIpc) is 3.22. The molecule has 0 aromatic heterocycles. The highest BCUT2D eigenvalue weighted by Crippen LogP contribution is 2.33. The Balaban J connectivity index is 1.52. The lowest BCUT2D eigenvalue weighted by molar-refractivity contribution is 0.0596. The Morgan fingerprint density at radius 1 is 1.11 bits per heavy atom. The van der Waals surface area contributed by atoms with Crippen molar-refractivity contribution in [2.45, 2.75) is 51.2 Å². The molecule has 1 aromatic rings. The summed E-state index contributed by atoms with van der Waals surface area (Å²) in [6.45, 7) is 5.81. The number of hydrogen-bond acceptors (Lipinski definition) is 2. The van der Waals surface area contributed by atoms with Crippen LogP contribution in [-0.2, 0) is 6.54 Å². The van der Waals surface area contributed by atoms with E-state index in [0.717, 1.165) is 24.5 Å². The van der Waals surface area contributed by atoms with E-state index in [1.54, 1.807) is 0 Å². The largest absolute Gasteiger partial charge is 0.314 e. The molecule has 3 rings (SSSR count). The molecule has 1 aromatic carbocycles. The summed E-state index contributed by atoms with van der Waals surface area (Å²) in [6, 6.07) is 12.6. The van der Waals surface area contributed by atoms with Crippen LogP contribution in [0.25, 0.3) is 0 Å². The SMILES string of the molecule is CCN(Cc1ccccc1)C1CCC1CNC1CC1. The summed E-state index contributed by atoms with van der Waals surface area (Å²) < 4.78 is 0. The third-order valence-electron chi connectivity index (χ3n) is 4.73. The first-order valence-corrected chi connectivity index (χ1v) is 7.88. The maximum Gasteiger partial charge on any atom is 0.0236 e. The summed E-state index contributed by atoms with van der Waals surface area (Å²) in [5, 5.41) is 3.70. The molecule has 0 heterocycles. The zero-order valence-corrected chi connectivity index (χ0v) is 12.0. The van der Waals surface area contributed by atoms with Crippen LogP contribution in [0.5, 0.6) is 0 Å². The topological polar surface area (TPSA) is 15.3 Å². The minimum absolute atomic E-state index is 0.802. The molecule has 1 N–H and O–H groups in total. The Morgan fingerprint density at radius 3 is 2.47 bits per heavy atom. The van der Waals surface area contributed by atoms with Crippen molar-refractivity contribution in [3.63, 3.8) is 0 Å². The van der Waals surface area contributed by atoms with E-state index in [4.69, 9.17) is 0 Å². The van der Waals surface area contributed by atoms with Crippen molar-refractivity contribution in [2.24, 2.45) is 5.92 Å². The lowest BCUT2D eigenvalue weighted by atomic mass is 9.78. The van der Waals surface area contributed by atoms with Crippen LogP contribution in [0.15, 0.2) is 30.3 Å². The summed E-state index contributed by atoms with van der Waals surface area (Å²) in [7, 11) is 0. The van der Waals surface area contributed by atoms with Crippen molar-refractivity contribution in [2.75, 3.05) is 13.1 Å². The van der Waals surface area contributed by atoms with Crippen molar-refractivity contribution < 1.29 is 0 Å². The normalized spacial score (nSPS) is 26.4. The smallest absolute Gasteiger partial charge is 0.0236 e. The number of rotatable bonds is 7. The van der Waals surface area contributed by atoms with Crippen molar-refractivity contribution in [1.82, 2.24) is 10.2 Å². The fourth-order valence-electron chi connectivity index (χ4n) is 3.16. The van der Waals surface area contributed by atoms with Crippen molar-refractivity contribution in [3.8, 4) is 0 Å². The summed E-state index contributed by atoms with van der Waals surface area (Å²) in [6.07, 6.45) is 5.60. The molecule has 2 heteroatoms. The Hall–Kier alpha value is -0.860. The van der Waals surface area contributed by atoms with Gasteiger partial charge in [-0.2, -0.15) is 0 Å². The van der Waals surface area contributed by atoms with Gasteiger partial charge in [0.15, 0.2) is 0 Å². The monoisotopic (exact) mass is 258 g/mol. The molecule has 19 heavy (non-hydrogen) atoms. The van der Waals surface area contributed by atoms with E-state index in [0.29, 0.717) is 0 Å². The number of nitrogens with one attached hydrogen (secondary N) is 1. The molecule has 2 aliphatic carbocycles. The van der Waals surface area contributed by atoms with Gasteiger partial charge in [0.1, 0.15) is 0 Å². The van der Waals surface area contributed by atoms with E-state index in [2.05, 4.69) is 47.5 Å². The highest BCUT2D eigenvalue weighted by atomic mass is 15.2. The maximum absolute atomic E-state index is 3.70. The molecule has 0 aliphatic heterocycles. The zero-order valence-electron chi connectivity index (χ0n) is 12.0. The predicted octanol–water partition coefficient (Wildman–Crippen LogP) is 3.04. The Kier molecular flexibility index (Phi) is 4.19. The lowest BCUT2D eigenvalue weighted by Gasteiger charge is -2.44. The molecule has 2 atom stereocenters. The van der Waals surface area contributed by atoms with Gasteiger partial charge in [-0.25, -0.2) is 0 Å². The molecular weight excluding hydrogens is 232 g/mol. The van der Waals surface area contributed by atoms with Gasteiger partial charge in [0.2, 0.25) is 0 Å². The van der Waals surface area contributed by atoms with Gasteiger partial charge >= 0.3 is 0 Å². The molecule has 2 saturated carbocycles. The summed E-state index contributed by atoms with van der Waals surface area (Å²) in [5.41, 5.74) is 1.45. The second kappa shape index (κ2) is 6.06. The van der Waals surface area contributed by atoms with Gasteiger partial charge < -0.3 is 5.32 Å². The third kappa shape index (κ3) is 3.37. The van der Waals surface area contributed by atoms with Crippen LogP contribution < -0.4 is 5.32 Å². The Morgan fingerprint density at radius 2 is 1.89 bits per heavy atom. The van der Waals surface area contributed by atoms with Gasteiger partial charge in [-0.05, 0) is 50.3 Å². The van der Waals surface area contributed by atoms with Crippen LogP contribution in [0.1, 0.15) is 38.2 Å². The van der Waals surface area contributed by atoms with E-state index < -0.39 is 0 Å². The Bertz CT molecular complexity index is 386. The first-order chi connectivity index (χ1) is 9.36. The number of benzene rings is 1. The highest BCUT2D eigenvalue weighted by Gasteiger charge is 2.35. The average molecular weight is 258 g/mol. The van der Waals surface area contributed by atoms with Crippen LogP contribution in [0, 0.1) is 5.92 Å². The Labute approximate surface area is 117 Å². The summed E-state index contributed by atoms with van der Waals surface area (Å²) >= 11 is 0. The van der Waals surface area contributed by atoms with Gasteiger partial charge in [-0.1, -0.05) is 37.3 Å². The minimum Gasteiger partial charge on any atom is -0.314 e. The zero-order chi connectivity index (χ0) is 13.1. The van der Waals surface area contributed by atoms with Gasteiger partial charge in [-0.3, -0.25) is 4.90 Å². The fraction of sp³-hybridized carbons (Fsp3) is 0.647. The first-order valence-electron chi connectivity index (χ1n) is 7.88. The number of nitrogens with zero attached hydrogens (tertiary/aromatic N) is 1.